The highest BCUT2D eigenvalue weighted by atomic mass is 16.3. The number of nitrogens with zero attached hydrogens (tertiary/aromatic N) is 2. The van der Waals surface area contributed by atoms with Crippen molar-refractivity contribution in [2.24, 2.45) is 0 Å². The van der Waals surface area contributed by atoms with Gasteiger partial charge in [0.1, 0.15) is 11.3 Å². The Balaban J connectivity index is 1.47. The summed E-state index contributed by atoms with van der Waals surface area (Å²) in [6, 6.07) is 41.6. The summed E-state index contributed by atoms with van der Waals surface area (Å²) >= 11 is 0. The molecule has 174 valence electrons. The van der Waals surface area contributed by atoms with Gasteiger partial charge in [-0.05, 0) is 66.1 Å². The maximum atomic E-state index is 9.48. The summed E-state index contributed by atoms with van der Waals surface area (Å²) in [6.45, 7) is 0. The van der Waals surface area contributed by atoms with Gasteiger partial charge in [-0.3, -0.25) is 4.68 Å². The van der Waals surface area contributed by atoms with Crippen molar-refractivity contribution >= 4 is 0 Å². The van der Waals surface area contributed by atoms with Gasteiger partial charge in [0.15, 0.2) is 0 Å². The lowest BCUT2D eigenvalue weighted by atomic mass is 9.77. The number of aromatic hydroxyl groups is 1. The van der Waals surface area contributed by atoms with Crippen LogP contribution in [-0.4, -0.2) is 14.9 Å². The minimum absolute atomic E-state index is 0.318. The summed E-state index contributed by atoms with van der Waals surface area (Å²) in [7, 11) is 0. The molecule has 5 aromatic rings. The second-order valence-corrected chi connectivity index (χ2v) is 8.93. The minimum Gasteiger partial charge on any atom is -0.508 e. The third-order valence-electron chi connectivity index (χ3n) is 6.65. The zero-order valence-electron chi connectivity index (χ0n) is 19.8. The standard InChI is InChI=1S/C32H30N2O/c35-31-22-20-26(21-23-31)12-10-11-19-30-24-25-34(33-30)32(27-13-4-1-5-14-27,28-15-6-2-7-16-28)29-17-8-3-9-18-29/h1-9,13-18,20-25,35H,10-12,19H2. The number of hydrogen-bond acceptors (Lipinski definition) is 2. The van der Waals surface area contributed by atoms with E-state index in [0.717, 1.165) is 31.4 Å². The van der Waals surface area contributed by atoms with E-state index >= 15 is 0 Å². The van der Waals surface area contributed by atoms with Gasteiger partial charge in [-0.25, -0.2) is 0 Å². The monoisotopic (exact) mass is 458 g/mol. The van der Waals surface area contributed by atoms with E-state index in [1.54, 1.807) is 12.1 Å². The molecular formula is C32H30N2O. The van der Waals surface area contributed by atoms with Crippen molar-refractivity contribution in [1.82, 2.24) is 9.78 Å². The predicted octanol–water partition coefficient (Wildman–Crippen LogP) is 6.99. The first-order chi connectivity index (χ1) is 17.3. The highest BCUT2D eigenvalue weighted by molar-refractivity contribution is 5.50. The van der Waals surface area contributed by atoms with Crippen LogP contribution in [0.3, 0.4) is 0 Å². The Morgan fingerprint density at radius 3 is 1.57 bits per heavy atom. The lowest BCUT2D eigenvalue weighted by Gasteiger charge is -2.36. The van der Waals surface area contributed by atoms with Gasteiger partial charge in [0, 0.05) is 6.20 Å². The van der Waals surface area contributed by atoms with Crippen molar-refractivity contribution in [2.45, 2.75) is 31.2 Å². The lowest BCUT2D eigenvalue weighted by molar-refractivity contribution is 0.455. The van der Waals surface area contributed by atoms with Gasteiger partial charge in [0.2, 0.25) is 0 Å². The average molecular weight is 459 g/mol. The Morgan fingerprint density at radius 2 is 1.06 bits per heavy atom. The first-order valence-electron chi connectivity index (χ1n) is 12.3. The fourth-order valence-corrected chi connectivity index (χ4v) is 4.91. The normalized spacial score (nSPS) is 11.4. The molecule has 35 heavy (non-hydrogen) atoms. The molecule has 0 saturated heterocycles. The molecule has 0 fully saturated rings. The van der Waals surface area contributed by atoms with Gasteiger partial charge >= 0.3 is 0 Å². The zero-order valence-corrected chi connectivity index (χ0v) is 19.8. The number of phenolic OH excluding ortho intramolecular Hbond substituents is 1. The molecule has 1 heterocycles. The number of hydrogen-bond donors (Lipinski definition) is 1. The second kappa shape index (κ2) is 10.4. The predicted molar refractivity (Wildman–Crippen MR) is 142 cm³/mol. The number of unbranched alkanes of at least 4 members (excludes halogenated alkanes) is 1. The molecule has 0 aliphatic rings. The molecule has 0 amide bonds. The van der Waals surface area contributed by atoms with Gasteiger partial charge in [0.25, 0.3) is 0 Å². The van der Waals surface area contributed by atoms with E-state index in [1.165, 1.54) is 22.3 Å². The molecule has 0 bridgehead atoms. The van der Waals surface area contributed by atoms with Crippen LogP contribution in [0.25, 0.3) is 0 Å². The van der Waals surface area contributed by atoms with E-state index in [9.17, 15) is 5.11 Å². The third kappa shape index (κ3) is 4.76. The Labute approximate surface area is 207 Å². The van der Waals surface area contributed by atoms with Gasteiger partial charge < -0.3 is 5.11 Å². The van der Waals surface area contributed by atoms with E-state index in [-0.39, 0.29) is 0 Å². The molecule has 3 heteroatoms. The number of benzene rings is 4. The van der Waals surface area contributed by atoms with E-state index in [4.69, 9.17) is 5.10 Å². The summed E-state index contributed by atoms with van der Waals surface area (Å²) in [5.74, 6) is 0.318. The smallest absolute Gasteiger partial charge is 0.137 e. The Hall–Kier alpha value is -4.11. The second-order valence-electron chi connectivity index (χ2n) is 8.93. The minimum atomic E-state index is -0.561. The van der Waals surface area contributed by atoms with Crippen molar-refractivity contribution in [3.8, 4) is 5.75 Å². The molecule has 0 aliphatic carbocycles. The van der Waals surface area contributed by atoms with Crippen LogP contribution in [0.15, 0.2) is 128 Å². The van der Waals surface area contributed by atoms with Crippen LogP contribution in [0.1, 0.15) is 40.8 Å². The van der Waals surface area contributed by atoms with Crippen LogP contribution in [0.5, 0.6) is 5.75 Å². The molecule has 4 aromatic carbocycles. The molecule has 0 saturated carbocycles. The molecule has 3 nitrogen and oxygen atoms in total. The molecule has 0 radical (unpaired) electrons. The summed E-state index contributed by atoms with van der Waals surface area (Å²) in [5, 5.41) is 14.6. The van der Waals surface area contributed by atoms with E-state index in [0.29, 0.717) is 5.75 Å². The molecular weight excluding hydrogens is 428 g/mol. The van der Waals surface area contributed by atoms with Crippen LogP contribution in [-0.2, 0) is 18.4 Å². The van der Waals surface area contributed by atoms with Crippen molar-refractivity contribution in [1.29, 1.82) is 0 Å². The quantitative estimate of drug-likeness (QED) is 0.191. The molecule has 0 aliphatic heterocycles. The number of aryl methyl sites for hydroxylation is 2. The fourth-order valence-electron chi connectivity index (χ4n) is 4.91. The molecule has 1 N–H and O–H groups in total. The summed E-state index contributed by atoms with van der Waals surface area (Å²) in [4.78, 5) is 0. The summed E-state index contributed by atoms with van der Waals surface area (Å²) in [5.41, 5.74) is 5.33. The SMILES string of the molecule is Oc1ccc(CCCCc2ccn(C(c3ccccc3)(c3ccccc3)c3ccccc3)n2)cc1. The van der Waals surface area contributed by atoms with Gasteiger partial charge in [0.05, 0.1) is 5.69 Å². The fraction of sp³-hybridized carbons (Fsp3) is 0.156. The maximum Gasteiger partial charge on any atom is 0.137 e. The molecule has 0 spiro atoms. The van der Waals surface area contributed by atoms with Crippen molar-refractivity contribution in [3.05, 3.63) is 155 Å². The Kier molecular flexibility index (Phi) is 6.76. The highest BCUT2D eigenvalue weighted by Crippen LogP contribution is 2.40. The van der Waals surface area contributed by atoms with Crippen LogP contribution in [0, 0.1) is 0 Å². The van der Waals surface area contributed by atoms with Gasteiger partial charge in [-0.15, -0.1) is 0 Å². The van der Waals surface area contributed by atoms with E-state index in [2.05, 4.69) is 108 Å². The summed E-state index contributed by atoms with van der Waals surface area (Å²) in [6.07, 6.45) is 6.20. The first-order valence-corrected chi connectivity index (χ1v) is 12.3. The molecule has 0 unspecified atom stereocenters. The lowest BCUT2D eigenvalue weighted by Crippen LogP contribution is -2.38. The Bertz CT molecular complexity index is 1230. The van der Waals surface area contributed by atoms with Crippen molar-refractivity contribution in [3.63, 3.8) is 0 Å². The van der Waals surface area contributed by atoms with Crippen molar-refractivity contribution < 1.29 is 5.11 Å². The number of aromatic nitrogens is 2. The molecule has 0 atom stereocenters. The number of phenols is 1. The van der Waals surface area contributed by atoms with Crippen LogP contribution in [0.4, 0.5) is 0 Å². The molecule has 5 rings (SSSR count). The zero-order chi connectivity index (χ0) is 23.9. The third-order valence-corrected chi connectivity index (χ3v) is 6.65. The van der Waals surface area contributed by atoms with Crippen LogP contribution in [0.2, 0.25) is 0 Å². The van der Waals surface area contributed by atoms with Gasteiger partial charge in [-0.2, -0.15) is 5.10 Å². The highest BCUT2D eigenvalue weighted by Gasteiger charge is 2.39. The number of rotatable bonds is 9. The Morgan fingerprint density at radius 1 is 0.571 bits per heavy atom. The van der Waals surface area contributed by atoms with Crippen LogP contribution >= 0.6 is 0 Å². The van der Waals surface area contributed by atoms with Crippen molar-refractivity contribution in [2.75, 3.05) is 0 Å². The van der Waals surface area contributed by atoms with Gasteiger partial charge in [-0.1, -0.05) is 103 Å². The van der Waals surface area contributed by atoms with Crippen LogP contribution < -0.4 is 0 Å². The summed E-state index contributed by atoms with van der Waals surface area (Å²) < 4.78 is 2.14. The maximum absolute atomic E-state index is 9.48. The topological polar surface area (TPSA) is 38.0 Å². The van der Waals surface area contributed by atoms with E-state index < -0.39 is 5.54 Å². The largest absolute Gasteiger partial charge is 0.508 e. The molecule has 1 aromatic heterocycles. The average Bonchev–Trinajstić information content (AvgIpc) is 3.39. The van der Waals surface area contributed by atoms with E-state index in [1.807, 2.05) is 12.1 Å². The first kappa shape index (κ1) is 22.7.